The molecule has 0 fully saturated rings. The molecule has 126 valence electrons. The molecule has 0 saturated heterocycles. The fraction of sp³-hybridized carbons (Fsp3) is 0.176. The molecule has 2 amide bonds. The Balaban J connectivity index is 2.00. The molecular weight excluding hydrogens is 318 g/mol. The van der Waals surface area contributed by atoms with Gasteiger partial charge < -0.3 is 15.4 Å². The molecule has 0 radical (unpaired) electrons. The average Bonchev–Trinajstić information content (AvgIpc) is 2.58. The van der Waals surface area contributed by atoms with Gasteiger partial charge in [-0.1, -0.05) is 0 Å². The van der Waals surface area contributed by atoms with Gasteiger partial charge in [0.2, 0.25) is 0 Å². The summed E-state index contributed by atoms with van der Waals surface area (Å²) in [5, 5.41) is 5.11. The van der Waals surface area contributed by atoms with Crippen LogP contribution in [0.25, 0.3) is 0 Å². The molecule has 7 heteroatoms. The summed E-state index contributed by atoms with van der Waals surface area (Å²) in [6.45, 7) is 0.786. The van der Waals surface area contributed by atoms with Crippen LogP contribution in [0.5, 0.6) is 0 Å². The lowest BCUT2D eigenvalue weighted by molar-refractivity contribution is 0.0935. The summed E-state index contributed by atoms with van der Waals surface area (Å²) < 4.78 is 30.8. The quantitative estimate of drug-likeness (QED) is 0.798. The van der Waals surface area contributed by atoms with Crippen LogP contribution in [0.1, 0.15) is 20.7 Å². The normalized spacial score (nSPS) is 10.3. The maximum absolute atomic E-state index is 13.1. The van der Waals surface area contributed by atoms with Crippen molar-refractivity contribution >= 4 is 17.5 Å². The molecule has 0 aliphatic carbocycles. The van der Waals surface area contributed by atoms with Crippen LogP contribution >= 0.6 is 0 Å². The van der Waals surface area contributed by atoms with Gasteiger partial charge in [0, 0.05) is 36.5 Å². The van der Waals surface area contributed by atoms with E-state index in [0.717, 1.165) is 12.1 Å². The van der Waals surface area contributed by atoms with Gasteiger partial charge in [-0.25, -0.2) is 8.78 Å². The van der Waals surface area contributed by atoms with Gasteiger partial charge in [-0.3, -0.25) is 9.59 Å². The molecule has 24 heavy (non-hydrogen) atoms. The highest BCUT2D eigenvalue weighted by Gasteiger charge is 2.10. The second-order valence-electron chi connectivity index (χ2n) is 4.91. The fourth-order valence-corrected chi connectivity index (χ4v) is 1.92. The van der Waals surface area contributed by atoms with E-state index in [-0.39, 0.29) is 17.2 Å². The molecule has 0 aliphatic heterocycles. The summed E-state index contributed by atoms with van der Waals surface area (Å²) in [6.07, 6.45) is 0. The predicted octanol–water partition coefficient (Wildman–Crippen LogP) is 2.59. The molecule has 0 atom stereocenters. The molecule has 0 spiro atoms. The van der Waals surface area contributed by atoms with Crippen LogP contribution in [0.4, 0.5) is 14.5 Å². The van der Waals surface area contributed by atoms with Crippen molar-refractivity contribution in [2.75, 3.05) is 25.6 Å². The van der Waals surface area contributed by atoms with E-state index < -0.39 is 17.5 Å². The standard InChI is InChI=1S/C17H16F2N2O3/c1-24-9-8-20-16(22)11-2-4-12(5-3-11)17(23)21-13-6-7-14(18)15(19)10-13/h2-7,10H,8-9H2,1H3,(H,20,22)(H,21,23). The molecule has 0 bridgehead atoms. The lowest BCUT2D eigenvalue weighted by Crippen LogP contribution is -2.26. The van der Waals surface area contributed by atoms with Gasteiger partial charge in [-0.05, 0) is 36.4 Å². The first-order valence-corrected chi connectivity index (χ1v) is 7.15. The number of ether oxygens (including phenoxy) is 1. The molecule has 0 aromatic heterocycles. The molecular formula is C17H16F2N2O3. The zero-order chi connectivity index (χ0) is 17.5. The Morgan fingerprint density at radius 3 is 2.17 bits per heavy atom. The number of benzene rings is 2. The Kier molecular flexibility index (Phi) is 5.97. The number of hydrogen-bond acceptors (Lipinski definition) is 3. The second kappa shape index (κ2) is 8.16. The van der Waals surface area contributed by atoms with Crippen molar-refractivity contribution in [3.05, 3.63) is 65.2 Å². The number of hydrogen-bond donors (Lipinski definition) is 2. The fourth-order valence-electron chi connectivity index (χ4n) is 1.92. The van der Waals surface area contributed by atoms with Crippen molar-refractivity contribution < 1.29 is 23.1 Å². The highest BCUT2D eigenvalue weighted by Crippen LogP contribution is 2.14. The zero-order valence-electron chi connectivity index (χ0n) is 12.9. The van der Waals surface area contributed by atoms with E-state index in [0.29, 0.717) is 18.7 Å². The molecule has 2 N–H and O–H groups in total. The maximum Gasteiger partial charge on any atom is 0.255 e. The maximum atomic E-state index is 13.1. The van der Waals surface area contributed by atoms with Gasteiger partial charge in [0.25, 0.3) is 11.8 Å². The van der Waals surface area contributed by atoms with Gasteiger partial charge in [-0.15, -0.1) is 0 Å². The first kappa shape index (κ1) is 17.6. The smallest absolute Gasteiger partial charge is 0.255 e. The monoisotopic (exact) mass is 334 g/mol. The number of carbonyl (C=O) groups excluding carboxylic acids is 2. The molecule has 2 aromatic rings. The molecule has 0 unspecified atom stereocenters. The first-order chi connectivity index (χ1) is 11.5. The van der Waals surface area contributed by atoms with E-state index in [1.54, 1.807) is 0 Å². The van der Waals surface area contributed by atoms with Gasteiger partial charge >= 0.3 is 0 Å². The number of halogens is 2. The minimum absolute atomic E-state index is 0.139. The van der Waals surface area contributed by atoms with E-state index in [9.17, 15) is 18.4 Å². The minimum atomic E-state index is -1.05. The minimum Gasteiger partial charge on any atom is -0.383 e. The molecule has 0 heterocycles. The lowest BCUT2D eigenvalue weighted by atomic mass is 10.1. The number of rotatable bonds is 6. The van der Waals surface area contributed by atoms with Crippen LogP contribution in [-0.4, -0.2) is 32.1 Å². The zero-order valence-corrected chi connectivity index (χ0v) is 12.9. The molecule has 5 nitrogen and oxygen atoms in total. The topological polar surface area (TPSA) is 67.4 Å². The largest absolute Gasteiger partial charge is 0.383 e. The third kappa shape index (κ3) is 4.60. The summed E-state index contributed by atoms with van der Waals surface area (Å²) in [5.41, 5.74) is 0.823. The highest BCUT2D eigenvalue weighted by molar-refractivity contribution is 6.05. The summed E-state index contributed by atoms with van der Waals surface area (Å²) in [4.78, 5) is 23.9. The van der Waals surface area contributed by atoms with Gasteiger partial charge in [0.1, 0.15) is 0 Å². The van der Waals surface area contributed by atoms with Crippen LogP contribution in [0, 0.1) is 11.6 Å². The Hall–Kier alpha value is -2.80. The van der Waals surface area contributed by atoms with E-state index >= 15 is 0 Å². The van der Waals surface area contributed by atoms with Crippen molar-refractivity contribution in [2.24, 2.45) is 0 Å². The third-order valence-corrected chi connectivity index (χ3v) is 3.18. The Bertz CT molecular complexity index is 733. The number of carbonyl (C=O) groups is 2. The summed E-state index contributed by atoms with van der Waals surface area (Å²) in [5.74, 6) is -2.81. The van der Waals surface area contributed by atoms with Gasteiger partial charge in [0.05, 0.1) is 6.61 Å². The third-order valence-electron chi connectivity index (χ3n) is 3.18. The van der Waals surface area contributed by atoms with E-state index in [2.05, 4.69) is 10.6 Å². The van der Waals surface area contributed by atoms with Crippen LogP contribution in [-0.2, 0) is 4.74 Å². The van der Waals surface area contributed by atoms with Crippen LogP contribution in [0.15, 0.2) is 42.5 Å². The van der Waals surface area contributed by atoms with Crippen LogP contribution < -0.4 is 10.6 Å². The first-order valence-electron chi connectivity index (χ1n) is 7.15. The number of methoxy groups -OCH3 is 1. The van der Waals surface area contributed by atoms with Crippen molar-refractivity contribution in [1.82, 2.24) is 5.32 Å². The summed E-state index contributed by atoms with van der Waals surface area (Å²) in [7, 11) is 1.53. The number of nitrogens with one attached hydrogen (secondary N) is 2. The summed E-state index contributed by atoms with van der Waals surface area (Å²) >= 11 is 0. The number of anilines is 1. The van der Waals surface area contributed by atoms with Gasteiger partial charge in [-0.2, -0.15) is 0 Å². The van der Waals surface area contributed by atoms with E-state index in [4.69, 9.17) is 4.74 Å². The van der Waals surface area contributed by atoms with Crippen molar-refractivity contribution in [3.8, 4) is 0 Å². The Morgan fingerprint density at radius 2 is 1.58 bits per heavy atom. The number of amides is 2. The van der Waals surface area contributed by atoms with Crippen LogP contribution in [0.2, 0.25) is 0 Å². The Morgan fingerprint density at radius 1 is 0.958 bits per heavy atom. The van der Waals surface area contributed by atoms with E-state index in [1.165, 1.54) is 37.4 Å². The molecule has 2 aromatic carbocycles. The van der Waals surface area contributed by atoms with Crippen molar-refractivity contribution in [1.29, 1.82) is 0 Å². The SMILES string of the molecule is COCCNC(=O)c1ccc(C(=O)Nc2ccc(F)c(F)c2)cc1. The predicted molar refractivity (Wildman–Crippen MR) is 85.0 cm³/mol. The molecule has 0 saturated carbocycles. The summed E-state index contributed by atoms with van der Waals surface area (Å²) in [6, 6.07) is 9.03. The Labute approximate surface area is 137 Å². The van der Waals surface area contributed by atoms with Crippen molar-refractivity contribution in [3.63, 3.8) is 0 Å². The molecule has 0 aliphatic rings. The second-order valence-corrected chi connectivity index (χ2v) is 4.91. The highest BCUT2D eigenvalue weighted by atomic mass is 19.2. The lowest BCUT2D eigenvalue weighted by Gasteiger charge is -2.07. The molecule has 2 rings (SSSR count). The average molecular weight is 334 g/mol. The van der Waals surface area contributed by atoms with Crippen molar-refractivity contribution in [2.45, 2.75) is 0 Å². The van der Waals surface area contributed by atoms with Crippen LogP contribution in [0.3, 0.4) is 0 Å². The van der Waals surface area contributed by atoms with Gasteiger partial charge in [0.15, 0.2) is 11.6 Å². The van der Waals surface area contributed by atoms with E-state index in [1.807, 2.05) is 0 Å².